The molecule has 1 N–H and O–H groups in total. The normalized spacial score (nSPS) is 23.9. The number of methoxy groups -OCH3 is 1. The number of hydrogen-bond donors (Lipinski definition) is 1. The summed E-state index contributed by atoms with van der Waals surface area (Å²) >= 11 is 3.54. The Kier molecular flexibility index (Phi) is 4.10. The van der Waals surface area contributed by atoms with E-state index in [1.54, 1.807) is 7.11 Å². The molecule has 0 amide bonds. The number of hydrogen-bond acceptors (Lipinski definition) is 2. The molecule has 17 heavy (non-hydrogen) atoms. The molecule has 1 aliphatic heterocycles. The zero-order chi connectivity index (χ0) is 12.3. The fourth-order valence-corrected chi connectivity index (χ4v) is 3.10. The van der Waals surface area contributed by atoms with E-state index in [9.17, 15) is 0 Å². The molecule has 94 valence electrons. The average Bonchev–Trinajstić information content (AvgIpc) is 2.79. The second kappa shape index (κ2) is 5.40. The summed E-state index contributed by atoms with van der Waals surface area (Å²) in [6.45, 7) is 3.41. The van der Waals surface area contributed by atoms with Crippen LogP contribution in [0.25, 0.3) is 0 Å². The molecule has 3 heteroatoms. The van der Waals surface area contributed by atoms with Crippen LogP contribution in [0.3, 0.4) is 0 Å². The molecule has 0 aromatic heterocycles. The third-order valence-electron chi connectivity index (χ3n) is 3.78. The minimum atomic E-state index is 0.272. The van der Waals surface area contributed by atoms with E-state index in [0.717, 1.165) is 23.2 Å². The number of nitrogens with one attached hydrogen (secondary N) is 1. The standard InChI is InChI=1S/C14H20BrNO/c1-3-14(7-4-8-16-14)10-11-9-12(15)5-6-13(11)17-2/h5-6,9,16H,3-4,7-8,10H2,1-2H3. The van der Waals surface area contributed by atoms with Crippen LogP contribution in [0.5, 0.6) is 5.75 Å². The highest BCUT2D eigenvalue weighted by molar-refractivity contribution is 9.10. The molecular weight excluding hydrogens is 278 g/mol. The highest BCUT2D eigenvalue weighted by Gasteiger charge is 2.32. The first-order chi connectivity index (χ1) is 8.19. The Morgan fingerprint density at radius 3 is 2.88 bits per heavy atom. The predicted molar refractivity (Wildman–Crippen MR) is 74.7 cm³/mol. The summed E-state index contributed by atoms with van der Waals surface area (Å²) in [6.07, 6.45) is 4.76. The van der Waals surface area contributed by atoms with Gasteiger partial charge in [-0.25, -0.2) is 0 Å². The summed E-state index contributed by atoms with van der Waals surface area (Å²) in [5, 5.41) is 3.67. The van der Waals surface area contributed by atoms with E-state index < -0.39 is 0 Å². The maximum Gasteiger partial charge on any atom is 0.122 e. The molecule has 1 heterocycles. The van der Waals surface area contributed by atoms with Crippen molar-refractivity contribution in [2.75, 3.05) is 13.7 Å². The maximum atomic E-state index is 5.45. The predicted octanol–water partition coefficient (Wildman–Crippen LogP) is 3.53. The van der Waals surface area contributed by atoms with E-state index in [1.165, 1.54) is 24.8 Å². The Balaban J connectivity index is 2.24. The third kappa shape index (κ3) is 2.83. The highest BCUT2D eigenvalue weighted by Crippen LogP contribution is 2.32. The molecule has 0 saturated carbocycles. The van der Waals surface area contributed by atoms with Crippen molar-refractivity contribution in [2.24, 2.45) is 0 Å². The Morgan fingerprint density at radius 2 is 2.29 bits per heavy atom. The van der Waals surface area contributed by atoms with Gasteiger partial charge in [0.05, 0.1) is 7.11 Å². The smallest absolute Gasteiger partial charge is 0.122 e. The fourth-order valence-electron chi connectivity index (χ4n) is 2.70. The molecular formula is C14H20BrNO. The SMILES string of the molecule is CCC1(Cc2cc(Br)ccc2OC)CCCN1. The molecule has 2 nitrogen and oxygen atoms in total. The maximum absolute atomic E-state index is 5.45. The largest absolute Gasteiger partial charge is 0.496 e. The minimum Gasteiger partial charge on any atom is -0.496 e. The van der Waals surface area contributed by atoms with E-state index in [-0.39, 0.29) is 5.54 Å². The Hall–Kier alpha value is -0.540. The van der Waals surface area contributed by atoms with Gasteiger partial charge in [0.25, 0.3) is 0 Å². The van der Waals surface area contributed by atoms with Crippen LogP contribution in [0.15, 0.2) is 22.7 Å². The molecule has 0 bridgehead atoms. The molecule has 1 aliphatic rings. The first-order valence-corrected chi connectivity index (χ1v) is 7.06. The topological polar surface area (TPSA) is 21.3 Å². The van der Waals surface area contributed by atoms with Gasteiger partial charge in [0.1, 0.15) is 5.75 Å². The van der Waals surface area contributed by atoms with Gasteiger partial charge in [-0.15, -0.1) is 0 Å². The van der Waals surface area contributed by atoms with Gasteiger partial charge >= 0.3 is 0 Å². The first kappa shape index (κ1) is 12.9. The molecule has 1 aromatic rings. The Bertz CT molecular complexity index is 386. The summed E-state index contributed by atoms with van der Waals surface area (Å²) < 4.78 is 6.57. The first-order valence-electron chi connectivity index (χ1n) is 6.26. The lowest BCUT2D eigenvalue weighted by atomic mass is 9.86. The second-order valence-electron chi connectivity index (χ2n) is 4.80. The molecule has 1 unspecified atom stereocenters. The molecule has 0 radical (unpaired) electrons. The van der Waals surface area contributed by atoms with Gasteiger partial charge in [-0.2, -0.15) is 0 Å². The lowest BCUT2D eigenvalue weighted by molar-refractivity contribution is 0.348. The van der Waals surface area contributed by atoms with Gasteiger partial charge in [-0.05, 0) is 56.0 Å². The summed E-state index contributed by atoms with van der Waals surface area (Å²) in [7, 11) is 1.74. The number of benzene rings is 1. The summed E-state index contributed by atoms with van der Waals surface area (Å²) in [5.41, 5.74) is 1.56. The van der Waals surface area contributed by atoms with Crippen LogP contribution in [-0.2, 0) is 6.42 Å². The summed E-state index contributed by atoms with van der Waals surface area (Å²) in [6, 6.07) is 6.25. The molecule has 0 aliphatic carbocycles. The van der Waals surface area contributed by atoms with Crippen LogP contribution in [0.2, 0.25) is 0 Å². The third-order valence-corrected chi connectivity index (χ3v) is 4.27. The van der Waals surface area contributed by atoms with Crippen molar-refractivity contribution < 1.29 is 4.74 Å². The van der Waals surface area contributed by atoms with Crippen molar-refractivity contribution >= 4 is 15.9 Å². The van der Waals surface area contributed by atoms with E-state index in [1.807, 2.05) is 12.1 Å². The van der Waals surface area contributed by atoms with Gasteiger partial charge in [0.15, 0.2) is 0 Å². The lowest BCUT2D eigenvalue weighted by Gasteiger charge is -2.29. The zero-order valence-electron chi connectivity index (χ0n) is 10.6. The Morgan fingerprint density at radius 1 is 1.47 bits per heavy atom. The molecule has 0 spiro atoms. The van der Waals surface area contributed by atoms with Gasteiger partial charge < -0.3 is 10.1 Å². The van der Waals surface area contributed by atoms with Crippen molar-refractivity contribution in [3.05, 3.63) is 28.2 Å². The van der Waals surface area contributed by atoms with Crippen molar-refractivity contribution in [1.29, 1.82) is 0 Å². The van der Waals surface area contributed by atoms with Crippen molar-refractivity contribution in [3.63, 3.8) is 0 Å². The van der Waals surface area contributed by atoms with Gasteiger partial charge in [-0.3, -0.25) is 0 Å². The average molecular weight is 298 g/mol. The van der Waals surface area contributed by atoms with Crippen LogP contribution in [-0.4, -0.2) is 19.2 Å². The monoisotopic (exact) mass is 297 g/mol. The van der Waals surface area contributed by atoms with E-state index in [2.05, 4.69) is 34.2 Å². The van der Waals surface area contributed by atoms with Gasteiger partial charge in [-0.1, -0.05) is 22.9 Å². The molecule has 2 rings (SSSR count). The lowest BCUT2D eigenvalue weighted by Crippen LogP contribution is -2.41. The van der Waals surface area contributed by atoms with Crippen LogP contribution in [0, 0.1) is 0 Å². The highest BCUT2D eigenvalue weighted by atomic mass is 79.9. The zero-order valence-corrected chi connectivity index (χ0v) is 12.1. The quantitative estimate of drug-likeness (QED) is 0.918. The van der Waals surface area contributed by atoms with Crippen LogP contribution in [0.4, 0.5) is 0 Å². The minimum absolute atomic E-state index is 0.272. The molecule has 1 fully saturated rings. The van der Waals surface area contributed by atoms with Crippen LogP contribution < -0.4 is 10.1 Å². The number of rotatable bonds is 4. The van der Waals surface area contributed by atoms with Crippen molar-refractivity contribution in [2.45, 2.75) is 38.1 Å². The Labute approximate surface area is 112 Å². The van der Waals surface area contributed by atoms with Crippen molar-refractivity contribution in [1.82, 2.24) is 5.32 Å². The van der Waals surface area contributed by atoms with E-state index in [4.69, 9.17) is 4.74 Å². The van der Waals surface area contributed by atoms with E-state index >= 15 is 0 Å². The number of halogens is 1. The fraction of sp³-hybridized carbons (Fsp3) is 0.571. The summed E-state index contributed by atoms with van der Waals surface area (Å²) in [5.74, 6) is 0.995. The molecule has 1 aromatic carbocycles. The van der Waals surface area contributed by atoms with Gasteiger partial charge in [0, 0.05) is 10.0 Å². The molecule has 1 atom stereocenters. The van der Waals surface area contributed by atoms with Crippen LogP contribution >= 0.6 is 15.9 Å². The molecule has 1 saturated heterocycles. The summed E-state index contributed by atoms with van der Waals surface area (Å²) in [4.78, 5) is 0. The van der Waals surface area contributed by atoms with Crippen LogP contribution in [0.1, 0.15) is 31.7 Å². The van der Waals surface area contributed by atoms with E-state index in [0.29, 0.717) is 0 Å². The number of ether oxygens (including phenoxy) is 1. The van der Waals surface area contributed by atoms with Crippen molar-refractivity contribution in [3.8, 4) is 5.75 Å². The van der Waals surface area contributed by atoms with Gasteiger partial charge in [0.2, 0.25) is 0 Å². The second-order valence-corrected chi connectivity index (χ2v) is 5.71.